The molecule has 30 heavy (non-hydrogen) atoms. The maximum absolute atomic E-state index is 13.6. The minimum Gasteiger partial charge on any atom is -0.489 e. The van der Waals surface area contributed by atoms with Gasteiger partial charge in [-0.2, -0.15) is 0 Å². The van der Waals surface area contributed by atoms with Gasteiger partial charge in [0.1, 0.15) is 11.3 Å². The zero-order valence-electron chi connectivity index (χ0n) is 17.0. The number of fused-ring (bicyclic) bond motifs is 1. The number of hydrogen-bond acceptors (Lipinski definition) is 3. The van der Waals surface area contributed by atoms with Gasteiger partial charge in [-0.3, -0.25) is 9.78 Å². The highest BCUT2D eigenvalue weighted by Crippen LogP contribution is 2.45. The summed E-state index contributed by atoms with van der Waals surface area (Å²) in [7, 11) is 0. The van der Waals surface area contributed by atoms with Crippen molar-refractivity contribution in [2.45, 2.75) is 51.0 Å². The molecule has 6 heteroatoms. The third-order valence-electron chi connectivity index (χ3n) is 5.68. The van der Waals surface area contributed by atoms with Gasteiger partial charge in [0, 0.05) is 21.6 Å². The van der Waals surface area contributed by atoms with Gasteiger partial charge in [0.05, 0.1) is 17.2 Å². The maximum atomic E-state index is 13.6. The van der Waals surface area contributed by atoms with Crippen LogP contribution in [-0.4, -0.2) is 17.0 Å². The van der Waals surface area contributed by atoms with Crippen LogP contribution in [0.1, 0.15) is 45.1 Å². The van der Waals surface area contributed by atoms with Crippen LogP contribution in [0.5, 0.6) is 5.75 Å². The number of rotatable bonds is 5. The number of anilines is 1. The van der Waals surface area contributed by atoms with Crippen LogP contribution in [0.15, 0.2) is 48.7 Å². The van der Waals surface area contributed by atoms with Crippen molar-refractivity contribution in [3.63, 3.8) is 0 Å². The molecule has 3 aromatic rings. The number of carbonyl (C=O) groups is 1. The van der Waals surface area contributed by atoms with Crippen molar-refractivity contribution < 1.29 is 9.53 Å². The molecule has 1 aromatic heterocycles. The van der Waals surface area contributed by atoms with Crippen LogP contribution in [0.3, 0.4) is 0 Å². The lowest BCUT2D eigenvalue weighted by Gasteiger charge is -2.29. The highest BCUT2D eigenvalue weighted by Gasteiger charge is 2.44. The largest absolute Gasteiger partial charge is 0.489 e. The number of halogens is 2. The van der Waals surface area contributed by atoms with E-state index in [1.54, 1.807) is 18.3 Å². The molecule has 1 fully saturated rings. The Morgan fingerprint density at radius 1 is 1.13 bits per heavy atom. The highest BCUT2D eigenvalue weighted by molar-refractivity contribution is 6.35. The molecular weight excluding hydrogens is 419 g/mol. The molecule has 4 rings (SSSR count). The molecular formula is C24H24Cl2N2O2. The quantitative estimate of drug-likeness (QED) is 0.473. The lowest BCUT2D eigenvalue weighted by molar-refractivity contribution is -0.121. The Balaban J connectivity index is 1.73. The van der Waals surface area contributed by atoms with Crippen LogP contribution in [0.2, 0.25) is 10.0 Å². The van der Waals surface area contributed by atoms with Gasteiger partial charge in [-0.05, 0) is 68.7 Å². The van der Waals surface area contributed by atoms with E-state index in [-0.39, 0.29) is 12.0 Å². The summed E-state index contributed by atoms with van der Waals surface area (Å²) in [6, 6.07) is 12.9. The van der Waals surface area contributed by atoms with Gasteiger partial charge < -0.3 is 10.1 Å². The van der Waals surface area contributed by atoms with Gasteiger partial charge in [0.15, 0.2) is 0 Å². The number of amides is 1. The van der Waals surface area contributed by atoms with Crippen LogP contribution >= 0.6 is 23.2 Å². The number of benzene rings is 2. The number of nitrogens with zero attached hydrogens (tertiary/aromatic N) is 1. The average molecular weight is 443 g/mol. The van der Waals surface area contributed by atoms with E-state index in [9.17, 15) is 4.79 Å². The summed E-state index contributed by atoms with van der Waals surface area (Å²) in [5.74, 6) is 0.654. The number of ether oxygens (including phenoxy) is 1. The molecule has 2 aromatic carbocycles. The van der Waals surface area contributed by atoms with Crippen molar-refractivity contribution in [3.8, 4) is 5.75 Å². The molecule has 0 atom stereocenters. The van der Waals surface area contributed by atoms with Crippen LogP contribution in [0.25, 0.3) is 10.9 Å². The second kappa shape index (κ2) is 8.44. The number of hydrogen-bond donors (Lipinski definition) is 1. The fourth-order valence-corrected chi connectivity index (χ4v) is 4.91. The number of aromatic nitrogens is 1. The van der Waals surface area contributed by atoms with Gasteiger partial charge in [-0.25, -0.2) is 0 Å². The predicted molar refractivity (Wildman–Crippen MR) is 123 cm³/mol. The number of pyridine rings is 1. The van der Waals surface area contributed by atoms with Crippen molar-refractivity contribution in [1.29, 1.82) is 0 Å². The molecule has 1 amide bonds. The minimum atomic E-state index is -0.663. The molecule has 0 aliphatic heterocycles. The molecule has 1 heterocycles. The van der Waals surface area contributed by atoms with E-state index < -0.39 is 5.41 Å². The molecule has 156 valence electrons. The molecule has 1 N–H and O–H groups in total. The Hall–Kier alpha value is -2.30. The van der Waals surface area contributed by atoms with Crippen LogP contribution < -0.4 is 10.1 Å². The second-order valence-electron chi connectivity index (χ2n) is 8.04. The van der Waals surface area contributed by atoms with Gasteiger partial charge in [0.25, 0.3) is 0 Å². The highest BCUT2D eigenvalue weighted by atomic mass is 35.5. The van der Waals surface area contributed by atoms with Gasteiger partial charge in [-0.1, -0.05) is 42.1 Å². The molecule has 1 aliphatic carbocycles. The van der Waals surface area contributed by atoms with Gasteiger partial charge in [0.2, 0.25) is 5.91 Å². The monoisotopic (exact) mass is 442 g/mol. The summed E-state index contributed by atoms with van der Waals surface area (Å²) >= 11 is 12.6. The van der Waals surface area contributed by atoms with Crippen molar-refractivity contribution in [2.75, 3.05) is 5.32 Å². The van der Waals surface area contributed by atoms with Crippen LogP contribution in [0, 0.1) is 0 Å². The van der Waals surface area contributed by atoms with E-state index >= 15 is 0 Å². The van der Waals surface area contributed by atoms with Gasteiger partial charge >= 0.3 is 0 Å². The number of nitrogens with one attached hydrogen (secondary N) is 1. The summed E-state index contributed by atoms with van der Waals surface area (Å²) in [5, 5.41) is 5.11. The normalized spacial score (nSPS) is 15.5. The summed E-state index contributed by atoms with van der Waals surface area (Å²) in [6.45, 7) is 3.95. The maximum Gasteiger partial charge on any atom is 0.235 e. The molecule has 1 saturated carbocycles. The first kappa shape index (κ1) is 21.0. The van der Waals surface area contributed by atoms with Crippen molar-refractivity contribution in [3.05, 3.63) is 64.3 Å². The molecule has 0 spiro atoms. The Labute approximate surface area is 186 Å². The van der Waals surface area contributed by atoms with E-state index in [4.69, 9.17) is 27.9 Å². The van der Waals surface area contributed by atoms with E-state index in [2.05, 4.69) is 10.3 Å². The van der Waals surface area contributed by atoms with Crippen molar-refractivity contribution >= 4 is 45.7 Å². The first-order valence-electron chi connectivity index (χ1n) is 10.2. The van der Waals surface area contributed by atoms with E-state index in [0.717, 1.165) is 47.8 Å². The van der Waals surface area contributed by atoms with E-state index in [0.29, 0.717) is 15.8 Å². The van der Waals surface area contributed by atoms with E-state index in [1.807, 2.05) is 44.2 Å². The first-order chi connectivity index (χ1) is 14.4. The van der Waals surface area contributed by atoms with E-state index in [1.165, 1.54) is 0 Å². The van der Waals surface area contributed by atoms with Crippen molar-refractivity contribution in [2.24, 2.45) is 0 Å². The third-order valence-corrected chi connectivity index (χ3v) is 6.23. The molecule has 4 nitrogen and oxygen atoms in total. The Bertz CT molecular complexity index is 1090. The standard InChI is InChI=1S/C24H24Cl2N2O2/c1-15(2)30-21-10-9-20(17-6-5-13-27-22(17)21)28-23(29)24(11-3-4-12-24)18-8-7-16(25)14-19(18)26/h5-10,13-15H,3-4,11-12H2,1-2H3,(H,28,29). The molecule has 1 aliphatic rings. The summed E-state index contributed by atoms with van der Waals surface area (Å²) < 4.78 is 5.90. The number of carbonyl (C=O) groups excluding carboxylic acids is 1. The Morgan fingerprint density at radius 3 is 2.60 bits per heavy atom. The summed E-state index contributed by atoms with van der Waals surface area (Å²) in [4.78, 5) is 18.1. The molecule has 0 saturated heterocycles. The average Bonchev–Trinajstić information content (AvgIpc) is 3.20. The summed E-state index contributed by atoms with van der Waals surface area (Å²) in [5.41, 5.74) is 1.62. The smallest absolute Gasteiger partial charge is 0.235 e. The third kappa shape index (κ3) is 3.86. The molecule has 0 unspecified atom stereocenters. The Morgan fingerprint density at radius 2 is 1.90 bits per heavy atom. The fourth-order valence-electron chi connectivity index (χ4n) is 4.32. The zero-order chi connectivity index (χ0) is 21.3. The predicted octanol–water partition coefficient (Wildman–Crippen LogP) is 6.78. The minimum absolute atomic E-state index is 0.0319. The topological polar surface area (TPSA) is 51.2 Å². The molecule has 0 bridgehead atoms. The fraction of sp³-hybridized carbons (Fsp3) is 0.333. The van der Waals surface area contributed by atoms with Crippen molar-refractivity contribution in [1.82, 2.24) is 4.98 Å². The van der Waals surface area contributed by atoms with Gasteiger partial charge in [-0.15, -0.1) is 0 Å². The first-order valence-corrected chi connectivity index (χ1v) is 11.0. The lowest BCUT2D eigenvalue weighted by atomic mass is 9.77. The Kier molecular flexibility index (Phi) is 5.90. The van der Waals surface area contributed by atoms with Crippen LogP contribution in [0.4, 0.5) is 5.69 Å². The van der Waals surface area contributed by atoms with Crippen LogP contribution in [-0.2, 0) is 10.2 Å². The zero-order valence-corrected chi connectivity index (χ0v) is 18.6. The lowest BCUT2D eigenvalue weighted by Crippen LogP contribution is -2.38. The molecule has 0 radical (unpaired) electrons. The SMILES string of the molecule is CC(C)Oc1ccc(NC(=O)C2(c3ccc(Cl)cc3Cl)CCCC2)c2cccnc12. The second-order valence-corrected chi connectivity index (χ2v) is 8.89. The summed E-state index contributed by atoms with van der Waals surface area (Å²) in [6.07, 6.45) is 5.23.